The molecule has 0 radical (unpaired) electrons. The summed E-state index contributed by atoms with van der Waals surface area (Å²) in [6.07, 6.45) is 0.907. The molecule has 150 valence electrons. The molecule has 2 N–H and O–H groups in total. The monoisotopic (exact) mass is 389 g/mol. The van der Waals surface area contributed by atoms with E-state index in [0.717, 1.165) is 29.0 Å². The number of hydrogen-bond acceptors (Lipinski definition) is 5. The summed E-state index contributed by atoms with van der Waals surface area (Å²) in [5.41, 5.74) is 5.47. The highest BCUT2D eigenvalue weighted by Gasteiger charge is 2.13. The van der Waals surface area contributed by atoms with Crippen molar-refractivity contribution in [2.45, 2.75) is 27.2 Å². The first-order valence-corrected chi connectivity index (χ1v) is 9.67. The van der Waals surface area contributed by atoms with E-state index in [1.165, 1.54) is 5.56 Å². The third kappa shape index (κ3) is 4.90. The van der Waals surface area contributed by atoms with E-state index in [1.807, 2.05) is 49.3 Å². The molecule has 3 rings (SSSR count). The number of anilines is 4. The van der Waals surface area contributed by atoms with Crippen molar-refractivity contribution < 1.29 is 4.79 Å². The van der Waals surface area contributed by atoms with Gasteiger partial charge in [-0.1, -0.05) is 25.1 Å². The van der Waals surface area contributed by atoms with Gasteiger partial charge >= 0.3 is 0 Å². The molecule has 1 heterocycles. The van der Waals surface area contributed by atoms with Crippen LogP contribution in [-0.2, 0) is 6.42 Å². The Balaban J connectivity index is 1.82. The molecule has 0 spiro atoms. The van der Waals surface area contributed by atoms with Crippen molar-refractivity contribution in [3.63, 3.8) is 0 Å². The van der Waals surface area contributed by atoms with Crippen LogP contribution in [0.25, 0.3) is 0 Å². The number of rotatable bonds is 6. The van der Waals surface area contributed by atoms with E-state index in [9.17, 15) is 4.79 Å². The SMILES string of the molecule is CCc1cccc(C)c1Nc1cc(C(=O)Nc2ccc(N(C)C)cc2)nc(C)n1. The minimum absolute atomic E-state index is 0.267. The second kappa shape index (κ2) is 8.73. The minimum Gasteiger partial charge on any atom is -0.378 e. The molecule has 0 bridgehead atoms. The van der Waals surface area contributed by atoms with Crippen LogP contribution in [0.15, 0.2) is 48.5 Å². The number of nitrogens with one attached hydrogen (secondary N) is 2. The van der Waals surface area contributed by atoms with Gasteiger partial charge in [0, 0.05) is 37.2 Å². The van der Waals surface area contributed by atoms with Crippen molar-refractivity contribution in [2.24, 2.45) is 0 Å². The molecule has 1 amide bonds. The van der Waals surface area contributed by atoms with Gasteiger partial charge in [0.2, 0.25) is 0 Å². The molecule has 0 atom stereocenters. The van der Waals surface area contributed by atoms with E-state index >= 15 is 0 Å². The summed E-state index contributed by atoms with van der Waals surface area (Å²) in [5.74, 6) is 0.876. The lowest BCUT2D eigenvalue weighted by molar-refractivity contribution is 0.102. The third-order valence-electron chi connectivity index (χ3n) is 4.71. The lowest BCUT2D eigenvalue weighted by Crippen LogP contribution is -2.16. The molecular formula is C23H27N5O. The Hall–Kier alpha value is -3.41. The predicted octanol–water partition coefficient (Wildman–Crippen LogP) is 4.72. The van der Waals surface area contributed by atoms with Gasteiger partial charge in [0.1, 0.15) is 17.3 Å². The first-order valence-electron chi connectivity index (χ1n) is 9.67. The second-order valence-electron chi connectivity index (χ2n) is 7.17. The zero-order valence-corrected chi connectivity index (χ0v) is 17.6. The van der Waals surface area contributed by atoms with Crippen molar-refractivity contribution in [2.75, 3.05) is 29.6 Å². The van der Waals surface area contributed by atoms with Gasteiger partial charge in [0.25, 0.3) is 5.91 Å². The summed E-state index contributed by atoms with van der Waals surface area (Å²) in [4.78, 5) is 23.5. The fourth-order valence-electron chi connectivity index (χ4n) is 3.12. The van der Waals surface area contributed by atoms with E-state index in [-0.39, 0.29) is 5.91 Å². The fraction of sp³-hybridized carbons (Fsp3) is 0.261. The van der Waals surface area contributed by atoms with E-state index < -0.39 is 0 Å². The summed E-state index contributed by atoms with van der Waals surface area (Å²) in [7, 11) is 3.95. The molecule has 0 saturated heterocycles. The van der Waals surface area contributed by atoms with Gasteiger partial charge in [-0.05, 0) is 55.7 Å². The Bertz CT molecular complexity index is 1010. The van der Waals surface area contributed by atoms with Crippen LogP contribution in [0.2, 0.25) is 0 Å². The molecule has 6 heteroatoms. The number of nitrogens with zero attached hydrogens (tertiary/aromatic N) is 3. The third-order valence-corrected chi connectivity index (χ3v) is 4.71. The molecule has 0 fully saturated rings. The Kier molecular flexibility index (Phi) is 6.12. The summed E-state index contributed by atoms with van der Waals surface area (Å²) in [5, 5.41) is 6.28. The number of carbonyl (C=O) groups is 1. The molecule has 1 aromatic heterocycles. The molecule has 0 aliphatic carbocycles. The topological polar surface area (TPSA) is 70.2 Å². The Morgan fingerprint density at radius 1 is 1.03 bits per heavy atom. The molecule has 29 heavy (non-hydrogen) atoms. The number of para-hydroxylation sites is 1. The largest absolute Gasteiger partial charge is 0.378 e. The Morgan fingerprint density at radius 2 is 1.76 bits per heavy atom. The van der Waals surface area contributed by atoms with E-state index in [1.54, 1.807) is 13.0 Å². The van der Waals surface area contributed by atoms with E-state index in [2.05, 4.69) is 46.6 Å². The van der Waals surface area contributed by atoms with Gasteiger partial charge in [-0.3, -0.25) is 4.79 Å². The maximum Gasteiger partial charge on any atom is 0.274 e. The summed E-state index contributed by atoms with van der Waals surface area (Å²) < 4.78 is 0. The highest BCUT2D eigenvalue weighted by Crippen LogP contribution is 2.25. The predicted molar refractivity (Wildman–Crippen MR) is 119 cm³/mol. The standard InChI is InChI=1S/C23H27N5O/c1-6-17-9-7-8-15(2)22(17)27-21-14-20(24-16(3)25-21)23(29)26-18-10-12-19(13-11-18)28(4)5/h7-14H,6H2,1-5H3,(H,26,29)(H,24,25,27). The van der Waals surface area contributed by atoms with Crippen LogP contribution in [0.3, 0.4) is 0 Å². The molecule has 0 saturated carbocycles. The van der Waals surface area contributed by atoms with Gasteiger partial charge in [-0.25, -0.2) is 9.97 Å². The molecule has 6 nitrogen and oxygen atoms in total. The minimum atomic E-state index is -0.267. The van der Waals surface area contributed by atoms with Gasteiger partial charge in [0.15, 0.2) is 0 Å². The van der Waals surface area contributed by atoms with Gasteiger partial charge in [-0.15, -0.1) is 0 Å². The first kappa shape index (κ1) is 20.3. The summed E-state index contributed by atoms with van der Waals surface area (Å²) >= 11 is 0. The van der Waals surface area contributed by atoms with Crippen LogP contribution >= 0.6 is 0 Å². The van der Waals surface area contributed by atoms with E-state index in [4.69, 9.17) is 0 Å². The normalized spacial score (nSPS) is 10.5. The van der Waals surface area contributed by atoms with Gasteiger partial charge in [-0.2, -0.15) is 0 Å². The van der Waals surface area contributed by atoms with Gasteiger partial charge in [0.05, 0.1) is 0 Å². The summed E-state index contributed by atoms with van der Waals surface area (Å²) in [6.45, 7) is 5.96. The first-order chi connectivity index (χ1) is 13.9. The van der Waals surface area contributed by atoms with Gasteiger partial charge < -0.3 is 15.5 Å². The Labute approximate surface area is 172 Å². The highest BCUT2D eigenvalue weighted by molar-refractivity contribution is 6.03. The van der Waals surface area contributed by atoms with Crippen molar-refractivity contribution in [3.8, 4) is 0 Å². The maximum absolute atomic E-state index is 12.7. The lowest BCUT2D eigenvalue weighted by Gasteiger charge is -2.15. The number of amides is 1. The van der Waals surface area contributed by atoms with Crippen LogP contribution in [-0.4, -0.2) is 30.0 Å². The number of aromatic nitrogens is 2. The smallest absolute Gasteiger partial charge is 0.274 e. The summed E-state index contributed by atoms with van der Waals surface area (Å²) in [6, 6.07) is 15.5. The van der Waals surface area contributed by atoms with Crippen LogP contribution < -0.4 is 15.5 Å². The molecule has 0 aliphatic rings. The van der Waals surface area contributed by atoms with E-state index in [0.29, 0.717) is 17.3 Å². The lowest BCUT2D eigenvalue weighted by atomic mass is 10.1. The zero-order chi connectivity index (χ0) is 21.0. The fourth-order valence-corrected chi connectivity index (χ4v) is 3.12. The van der Waals surface area contributed by atoms with Crippen LogP contribution in [0.5, 0.6) is 0 Å². The molecule has 2 aromatic carbocycles. The van der Waals surface area contributed by atoms with Crippen molar-refractivity contribution in [3.05, 3.63) is 71.2 Å². The number of benzene rings is 2. The molecule has 0 aliphatic heterocycles. The zero-order valence-electron chi connectivity index (χ0n) is 17.6. The number of aryl methyl sites for hydroxylation is 3. The average molecular weight is 390 g/mol. The quantitative estimate of drug-likeness (QED) is 0.638. The number of hydrogen-bond donors (Lipinski definition) is 2. The second-order valence-corrected chi connectivity index (χ2v) is 7.17. The van der Waals surface area contributed by atoms with Crippen LogP contribution in [0, 0.1) is 13.8 Å². The molecule has 0 unspecified atom stereocenters. The van der Waals surface area contributed by atoms with Crippen molar-refractivity contribution in [1.29, 1.82) is 0 Å². The maximum atomic E-state index is 12.7. The van der Waals surface area contributed by atoms with Crippen LogP contribution in [0.4, 0.5) is 22.9 Å². The van der Waals surface area contributed by atoms with Crippen molar-refractivity contribution in [1.82, 2.24) is 9.97 Å². The number of carbonyl (C=O) groups excluding carboxylic acids is 1. The molecular weight excluding hydrogens is 362 g/mol. The van der Waals surface area contributed by atoms with Crippen molar-refractivity contribution >= 4 is 28.8 Å². The highest BCUT2D eigenvalue weighted by atomic mass is 16.1. The average Bonchev–Trinajstić information content (AvgIpc) is 2.69. The van der Waals surface area contributed by atoms with Crippen LogP contribution in [0.1, 0.15) is 34.4 Å². The Morgan fingerprint density at radius 3 is 2.41 bits per heavy atom. The molecule has 3 aromatic rings.